The molecule has 2 N–H and O–H groups in total. The van der Waals surface area contributed by atoms with Crippen molar-refractivity contribution < 1.29 is 4.52 Å². The van der Waals surface area contributed by atoms with Crippen molar-refractivity contribution >= 4 is 5.88 Å². The maximum atomic E-state index is 5.88. The molecule has 1 aromatic rings. The molecular weight excluding hydrogens is 212 g/mol. The lowest BCUT2D eigenvalue weighted by Gasteiger charge is -2.29. The average molecular weight is 236 g/mol. The van der Waals surface area contributed by atoms with E-state index in [2.05, 4.69) is 25.9 Å². The van der Waals surface area contributed by atoms with Gasteiger partial charge in [-0.2, -0.15) is 0 Å². The third-order valence-electron chi connectivity index (χ3n) is 4.03. The molecule has 0 aromatic carbocycles. The van der Waals surface area contributed by atoms with Crippen molar-refractivity contribution in [2.75, 3.05) is 5.73 Å². The van der Waals surface area contributed by atoms with E-state index in [1.807, 2.05) is 0 Å². The molecule has 0 amide bonds. The molecule has 0 bridgehead atoms. The number of nitrogens with zero attached hydrogens (tertiary/aromatic N) is 1. The number of anilines is 1. The number of hydrogen-bond acceptors (Lipinski definition) is 3. The minimum Gasteiger partial charge on any atom is -0.367 e. The van der Waals surface area contributed by atoms with Crippen LogP contribution in [0.25, 0.3) is 0 Å². The van der Waals surface area contributed by atoms with E-state index in [4.69, 9.17) is 10.3 Å². The number of nitrogen functional groups attached to an aromatic ring is 1. The van der Waals surface area contributed by atoms with Crippen molar-refractivity contribution in [3.8, 4) is 0 Å². The second-order valence-electron chi connectivity index (χ2n) is 5.81. The molecule has 3 heteroatoms. The Bertz CT molecular complexity index is 376. The van der Waals surface area contributed by atoms with Gasteiger partial charge in [-0.3, -0.25) is 0 Å². The van der Waals surface area contributed by atoms with Crippen LogP contribution in [0.2, 0.25) is 0 Å². The lowest BCUT2D eigenvalue weighted by Crippen LogP contribution is -2.26. The van der Waals surface area contributed by atoms with Crippen LogP contribution in [0.15, 0.2) is 4.52 Å². The highest BCUT2D eigenvalue weighted by atomic mass is 16.5. The molecule has 2 rings (SSSR count). The van der Waals surface area contributed by atoms with E-state index in [0.29, 0.717) is 11.8 Å². The Hall–Kier alpha value is -0.990. The fourth-order valence-electron chi connectivity index (χ4n) is 3.45. The Labute approximate surface area is 104 Å². The highest BCUT2D eigenvalue weighted by Crippen LogP contribution is 2.47. The minimum absolute atomic E-state index is 0.237. The Morgan fingerprint density at radius 3 is 2.53 bits per heavy atom. The third kappa shape index (κ3) is 2.20. The van der Waals surface area contributed by atoms with E-state index in [1.54, 1.807) is 0 Å². The molecule has 0 spiro atoms. The van der Waals surface area contributed by atoms with Gasteiger partial charge in [0.25, 0.3) is 0 Å². The first-order chi connectivity index (χ1) is 8.09. The summed E-state index contributed by atoms with van der Waals surface area (Å²) in [6.07, 6.45) is 7.22. The van der Waals surface area contributed by atoms with E-state index in [-0.39, 0.29) is 5.41 Å². The summed E-state index contributed by atoms with van der Waals surface area (Å²) in [6.45, 7) is 6.70. The summed E-state index contributed by atoms with van der Waals surface area (Å²) in [5.74, 6) is 1.22. The Morgan fingerprint density at radius 1 is 1.35 bits per heavy atom. The Kier molecular flexibility index (Phi) is 3.45. The summed E-state index contributed by atoms with van der Waals surface area (Å²) >= 11 is 0. The zero-order valence-electron chi connectivity index (χ0n) is 11.3. The van der Waals surface area contributed by atoms with Gasteiger partial charge < -0.3 is 10.3 Å². The highest BCUT2D eigenvalue weighted by Gasteiger charge is 2.40. The quantitative estimate of drug-likeness (QED) is 0.867. The molecule has 0 aliphatic heterocycles. The summed E-state index contributed by atoms with van der Waals surface area (Å²) in [5.41, 5.74) is 8.42. The van der Waals surface area contributed by atoms with Gasteiger partial charge in [0.15, 0.2) is 0 Å². The summed E-state index contributed by atoms with van der Waals surface area (Å²) < 4.78 is 5.23. The van der Waals surface area contributed by atoms with Crippen molar-refractivity contribution in [1.82, 2.24) is 5.16 Å². The smallest absolute Gasteiger partial charge is 0.225 e. The van der Waals surface area contributed by atoms with Crippen molar-refractivity contribution in [2.45, 2.75) is 64.7 Å². The van der Waals surface area contributed by atoms with E-state index in [9.17, 15) is 0 Å². The molecule has 0 atom stereocenters. The summed E-state index contributed by atoms with van der Waals surface area (Å²) in [4.78, 5) is 0. The van der Waals surface area contributed by atoms with Gasteiger partial charge in [-0.05, 0) is 31.6 Å². The van der Waals surface area contributed by atoms with Crippen molar-refractivity contribution in [3.63, 3.8) is 0 Å². The van der Waals surface area contributed by atoms with Gasteiger partial charge in [0.05, 0.1) is 5.69 Å². The van der Waals surface area contributed by atoms with Gasteiger partial charge in [0, 0.05) is 11.0 Å². The van der Waals surface area contributed by atoms with Crippen molar-refractivity contribution in [3.05, 3.63) is 11.3 Å². The number of nitrogens with two attached hydrogens (primary N) is 1. The molecule has 0 radical (unpaired) electrons. The molecule has 1 saturated carbocycles. The van der Waals surface area contributed by atoms with Crippen LogP contribution in [0.4, 0.5) is 5.88 Å². The molecule has 0 saturated heterocycles. The van der Waals surface area contributed by atoms with Gasteiger partial charge in [-0.15, -0.1) is 0 Å². The molecule has 96 valence electrons. The van der Waals surface area contributed by atoms with Crippen LogP contribution >= 0.6 is 0 Å². The first-order valence-electron chi connectivity index (χ1n) is 6.83. The lowest BCUT2D eigenvalue weighted by molar-refractivity contribution is 0.314. The topological polar surface area (TPSA) is 52.0 Å². The fraction of sp³-hybridized carbons (Fsp3) is 0.786. The monoisotopic (exact) mass is 236 g/mol. The molecular formula is C14H24N2O. The summed E-state index contributed by atoms with van der Waals surface area (Å²) in [6, 6.07) is 0. The van der Waals surface area contributed by atoms with Gasteiger partial charge in [-0.25, -0.2) is 0 Å². The summed E-state index contributed by atoms with van der Waals surface area (Å²) in [7, 11) is 0. The molecule has 17 heavy (non-hydrogen) atoms. The number of rotatable bonds is 4. The average Bonchev–Trinajstić information content (AvgIpc) is 2.84. The molecule has 1 aliphatic carbocycles. The van der Waals surface area contributed by atoms with Crippen LogP contribution in [0.1, 0.15) is 64.1 Å². The van der Waals surface area contributed by atoms with E-state index < -0.39 is 0 Å². The van der Waals surface area contributed by atoms with Gasteiger partial charge in [-0.1, -0.05) is 38.8 Å². The Balaban J connectivity index is 2.38. The molecule has 3 nitrogen and oxygen atoms in total. The molecule has 1 heterocycles. The lowest BCUT2D eigenvalue weighted by atomic mass is 9.74. The molecule has 0 unspecified atom stereocenters. The van der Waals surface area contributed by atoms with Crippen LogP contribution < -0.4 is 5.73 Å². The largest absolute Gasteiger partial charge is 0.367 e. The third-order valence-corrected chi connectivity index (χ3v) is 4.03. The van der Waals surface area contributed by atoms with Crippen LogP contribution in [0.3, 0.4) is 0 Å². The molecule has 1 aliphatic rings. The first-order valence-corrected chi connectivity index (χ1v) is 6.83. The minimum atomic E-state index is 0.237. The predicted molar refractivity (Wildman–Crippen MR) is 69.9 cm³/mol. The van der Waals surface area contributed by atoms with Crippen molar-refractivity contribution in [1.29, 1.82) is 0 Å². The normalized spacial score (nSPS) is 19.1. The van der Waals surface area contributed by atoms with Crippen LogP contribution in [0, 0.1) is 5.92 Å². The fourth-order valence-corrected chi connectivity index (χ4v) is 3.45. The standard InChI is InChI=1S/C14H24N2O/c1-4-11-12(16-17-13(11)15)14(9-10(2)3)7-5-6-8-14/h10H,4-9,15H2,1-3H3. The summed E-state index contributed by atoms with van der Waals surface area (Å²) in [5, 5.41) is 4.29. The maximum absolute atomic E-state index is 5.88. The molecule has 1 fully saturated rings. The second kappa shape index (κ2) is 4.71. The highest BCUT2D eigenvalue weighted by molar-refractivity contribution is 5.42. The first kappa shape index (κ1) is 12.5. The molecule has 1 aromatic heterocycles. The number of aromatic nitrogens is 1. The van der Waals surface area contributed by atoms with Crippen molar-refractivity contribution in [2.24, 2.45) is 5.92 Å². The van der Waals surface area contributed by atoms with Gasteiger partial charge in [0.2, 0.25) is 5.88 Å². The maximum Gasteiger partial charge on any atom is 0.225 e. The predicted octanol–water partition coefficient (Wildman–Crippen LogP) is 3.68. The van der Waals surface area contributed by atoms with E-state index >= 15 is 0 Å². The zero-order valence-corrected chi connectivity index (χ0v) is 11.3. The van der Waals surface area contributed by atoms with E-state index in [0.717, 1.165) is 17.7 Å². The number of hydrogen-bond donors (Lipinski definition) is 1. The van der Waals surface area contributed by atoms with Crippen LogP contribution in [0.5, 0.6) is 0 Å². The second-order valence-corrected chi connectivity index (χ2v) is 5.81. The van der Waals surface area contributed by atoms with E-state index in [1.165, 1.54) is 32.1 Å². The van der Waals surface area contributed by atoms with Crippen LogP contribution in [-0.2, 0) is 11.8 Å². The SMILES string of the molecule is CCc1c(C2(CC(C)C)CCCC2)noc1N. The zero-order chi connectivity index (χ0) is 12.5. The Morgan fingerprint density at radius 2 is 2.00 bits per heavy atom. The van der Waals surface area contributed by atoms with Gasteiger partial charge in [0.1, 0.15) is 0 Å². The van der Waals surface area contributed by atoms with Crippen LogP contribution in [-0.4, -0.2) is 5.16 Å². The van der Waals surface area contributed by atoms with Gasteiger partial charge >= 0.3 is 0 Å².